The van der Waals surface area contributed by atoms with Gasteiger partial charge in [-0.05, 0) is 101 Å². The van der Waals surface area contributed by atoms with Crippen LogP contribution >= 0.6 is 0 Å². The van der Waals surface area contributed by atoms with Gasteiger partial charge in [0.25, 0.3) is 5.56 Å². The lowest BCUT2D eigenvalue weighted by atomic mass is 9.71. The number of hydrogen-bond acceptors (Lipinski definition) is 8. The summed E-state index contributed by atoms with van der Waals surface area (Å²) in [4.78, 5) is 32.1. The van der Waals surface area contributed by atoms with E-state index in [1.165, 1.54) is 49.1 Å². The summed E-state index contributed by atoms with van der Waals surface area (Å²) in [5, 5.41) is 14.2. The second-order valence-electron chi connectivity index (χ2n) is 12.3. The Bertz CT molecular complexity index is 1630. The average Bonchev–Trinajstić information content (AvgIpc) is 3.26. The van der Waals surface area contributed by atoms with Crippen molar-refractivity contribution in [1.29, 1.82) is 0 Å². The van der Waals surface area contributed by atoms with E-state index in [2.05, 4.69) is 50.8 Å². The lowest BCUT2D eigenvalue weighted by molar-refractivity contribution is 0.0738. The first-order valence-corrected chi connectivity index (χ1v) is 14.8. The van der Waals surface area contributed by atoms with Gasteiger partial charge in [-0.1, -0.05) is 12.1 Å². The number of anilines is 3. The minimum absolute atomic E-state index is 0.236. The quantitative estimate of drug-likeness (QED) is 0.315. The highest BCUT2D eigenvalue weighted by Crippen LogP contribution is 2.42. The van der Waals surface area contributed by atoms with E-state index < -0.39 is 5.60 Å². The topological polar surface area (TPSA) is 104 Å². The van der Waals surface area contributed by atoms with Crippen LogP contribution < -0.4 is 15.8 Å². The average molecular weight is 569 g/mol. The summed E-state index contributed by atoms with van der Waals surface area (Å²) >= 11 is 0. The molecule has 1 spiro atoms. The zero-order valence-electron chi connectivity index (χ0n) is 24.8. The third-order valence-corrected chi connectivity index (χ3v) is 8.92. The SMILES string of the molecule is C=CCn1c(=O)c2cnc(Nc3ccc(N4CCC5(CCN(C)CC5)CC4)cc3)nc2n1-c1cccc(C(C)(C)O)n1. The highest BCUT2D eigenvalue weighted by Gasteiger charge is 2.36. The maximum atomic E-state index is 13.3. The summed E-state index contributed by atoms with van der Waals surface area (Å²) in [7, 11) is 2.23. The molecular formula is C32H40N8O2. The van der Waals surface area contributed by atoms with Gasteiger partial charge in [0.15, 0.2) is 11.5 Å². The number of benzene rings is 1. The predicted octanol–water partition coefficient (Wildman–Crippen LogP) is 4.45. The van der Waals surface area contributed by atoms with Crippen molar-refractivity contribution in [2.24, 2.45) is 5.41 Å². The van der Waals surface area contributed by atoms with Gasteiger partial charge >= 0.3 is 0 Å². The fourth-order valence-electron chi connectivity index (χ4n) is 6.21. The Morgan fingerprint density at radius 3 is 2.38 bits per heavy atom. The maximum absolute atomic E-state index is 13.3. The second kappa shape index (κ2) is 11.0. The van der Waals surface area contributed by atoms with Gasteiger partial charge in [0, 0.05) is 30.7 Å². The van der Waals surface area contributed by atoms with E-state index in [1.54, 1.807) is 42.9 Å². The zero-order chi connectivity index (χ0) is 29.5. The number of fused-ring (bicyclic) bond motifs is 1. The van der Waals surface area contributed by atoms with Crippen LogP contribution in [-0.4, -0.2) is 67.5 Å². The number of nitrogens with zero attached hydrogens (tertiary/aromatic N) is 7. The molecule has 0 unspecified atom stereocenters. The van der Waals surface area contributed by atoms with Gasteiger partial charge in [0.2, 0.25) is 5.95 Å². The molecule has 10 nitrogen and oxygen atoms in total. The molecule has 2 fully saturated rings. The normalized spacial score (nSPS) is 17.6. The van der Waals surface area contributed by atoms with E-state index in [0.717, 1.165) is 18.8 Å². The van der Waals surface area contributed by atoms with Crippen molar-refractivity contribution in [1.82, 2.24) is 29.2 Å². The van der Waals surface area contributed by atoms with Crippen molar-refractivity contribution >= 4 is 28.4 Å². The van der Waals surface area contributed by atoms with Gasteiger partial charge in [-0.25, -0.2) is 19.3 Å². The Kier molecular flexibility index (Phi) is 7.36. The number of likely N-dealkylation sites (tertiary alicyclic amines) is 1. The van der Waals surface area contributed by atoms with Crippen molar-refractivity contribution in [2.75, 3.05) is 43.4 Å². The van der Waals surface area contributed by atoms with Crippen molar-refractivity contribution in [3.8, 4) is 5.82 Å². The Morgan fingerprint density at radius 1 is 1.02 bits per heavy atom. The molecule has 2 saturated heterocycles. The molecule has 2 N–H and O–H groups in total. The molecule has 3 aromatic heterocycles. The number of hydrogen-bond donors (Lipinski definition) is 2. The van der Waals surface area contributed by atoms with Crippen LogP contribution in [0.1, 0.15) is 45.2 Å². The van der Waals surface area contributed by atoms with E-state index in [1.807, 2.05) is 18.2 Å². The summed E-state index contributed by atoms with van der Waals surface area (Å²) in [5.41, 5.74) is 2.15. The number of allylic oxidation sites excluding steroid dienone is 1. The second-order valence-corrected chi connectivity index (χ2v) is 12.3. The first-order valence-electron chi connectivity index (χ1n) is 14.8. The van der Waals surface area contributed by atoms with Crippen LogP contribution in [0.15, 0.2) is 66.1 Å². The van der Waals surface area contributed by atoms with Crippen molar-refractivity contribution in [3.05, 3.63) is 77.4 Å². The van der Waals surface area contributed by atoms with Gasteiger partial charge in [0.1, 0.15) is 11.0 Å². The lowest BCUT2D eigenvalue weighted by Crippen LogP contribution is -2.46. The minimum atomic E-state index is -1.14. The highest BCUT2D eigenvalue weighted by atomic mass is 16.3. The standard InChI is InChI=1S/C32H40N8O2/c1-5-17-39-29(41)25-22-33-30(36-28(25)40(39)27-8-6-7-26(35-27)31(2,3)42)34-23-9-11-24(12-10-23)38-20-15-32(16-21-38)13-18-37(4)19-14-32/h5-12,22,42H,1,13-21H2,2-4H3,(H,33,34,36). The molecule has 2 aliphatic rings. The first-order chi connectivity index (χ1) is 20.2. The minimum Gasteiger partial charge on any atom is -0.384 e. The molecule has 0 saturated carbocycles. The van der Waals surface area contributed by atoms with Crippen LogP contribution in [0.25, 0.3) is 16.9 Å². The molecular weight excluding hydrogens is 528 g/mol. The number of aliphatic hydroxyl groups is 1. The van der Waals surface area contributed by atoms with Crippen LogP contribution in [0.4, 0.5) is 17.3 Å². The van der Waals surface area contributed by atoms with Crippen molar-refractivity contribution in [2.45, 2.75) is 51.7 Å². The third-order valence-electron chi connectivity index (χ3n) is 8.92. The fourth-order valence-corrected chi connectivity index (χ4v) is 6.21. The van der Waals surface area contributed by atoms with Gasteiger partial charge in [-0.2, -0.15) is 4.98 Å². The zero-order valence-corrected chi connectivity index (χ0v) is 24.8. The van der Waals surface area contributed by atoms with Crippen molar-refractivity contribution in [3.63, 3.8) is 0 Å². The molecule has 42 heavy (non-hydrogen) atoms. The van der Waals surface area contributed by atoms with Gasteiger partial charge in [0.05, 0.1) is 12.2 Å². The van der Waals surface area contributed by atoms with E-state index in [9.17, 15) is 9.90 Å². The number of aromatic nitrogens is 5. The van der Waals surface area contributed by atoms with Crippen LogP contribution in [0, 0.1) is 5.41 Å². The number of piperidine rings is 2. The smallest absolute Gasteiger partial charge is 0.278 e. The monoisotopic (exact) mass is 568 g/mol. The van der Waals surface area contributed by atoms with Crippen LogP contribution in [0.3, 0.4) is 0 Å². The molecule has 0 atom stereocenters. The molecule has 2 aliphatic heterocycles. The van der Waals surface area contributed by atoms with Gasteiger partial charge in [-0.3, -0.25) is 4.79 Å². The Labute approximate surface area is 246 Å². The molecule has 1 aromatic carbocycles. The maximum Gasteiger partial charge on any atom is 0.278 e. The first kappa shape index (κ1) is 28.1. The fraction of sp³-hybridized carbons (Fsp3) is 0.438. The molecule has 4 aromatic rings. The summed E-state index contributed by atoms with van der Waals surface area (Å²) in [5.74, 6) is 0.849. The number of rotatable bonds is 7. The molecule has 0 amide bonds. The molecule has 0 radical (unpaired) electrons. The van der Waals surface area contributed by atoms with Crippen LogP contribution in [0.5, 0.6) is 0 Å². The van der Waals surface area contributed by atoms with Crippen molar-refractivity contribution < 1.29 is 5.11 Å². The predicted molar refractivity (Wildman–Crippen MR) is 167 cm³/mol. The Balaban J connectivity index is 1.24. The van der Waals surface area contributed by atoms with E-state index in [-0.39, 0.29) is 12.1 Å². The molecule has 5 heterocycles. The summed E-state index contributed by atoms with van der Waals surface area (Å²) in [6.45, 7) is 12.1. The summed E-state index contributed by atoms with van der Waals surface area (Å²) in [6.07, 6.45) is 8.35. The molecule has 6 rings (SSSR count). The van der Waals surface area contributed by atoms with Gasteiger partial charge in [-0.15, -0.1) is 6.58 Å². The van der Waals surface area contributed by atoms with E-state index in [0.29, 0.717) is 33.9 Å². The molecule has 0 aliphatic carbocycles. The molecule has 0 bridgehead atoms. The highest BCUT2D eigenvalue weighted by molar-refractivity contribution is 5.77. The third kappa shape index (κ3) is 5.44. The van der Waals surface area contributed by atoms with Gasteiger partial charge < -0.3 is 20.2 Å². The molecule has 220 valence electrons. The largest absolute Gasteiger partial charge is 0.384 e. The van der Waals surface area contributed by atoms with E-state index in [4.69, 9.17) is 4.98 Å². The lowest BCUT2D eigenvalue weighted by Gasteiger charge is -2.46. The Hall–Kier alpha value is -4.02. The number of nitrogens with one attached hydrogen (secondary N) is 1. The Morgan fingerprint density at radius 2 is 1.71 bits per heavy atom. The van der Waals surface area contributed by atoms with Crippen LogP contribution in [-0.2, 0) is 12.1 Å². The molecule has 10 heteroatoms. The van der Waals surface area contributed by atoms with E-state index >= 15 is 0 Å². The summed E-state index contributed by atoms with van der Waals surface area (Å²) in [6, 6.07) is 13.7. The number of pyridine rings is 1. The summed E-state index contributed by atoms with van der Waals surface area (Å²) < 4.78 is 3.19. The van der Waals surface area contributed by atoms with Crippen LogP contribution in [0.2, 0.25) is 0 Å².